The van der Waals surface area contributed by atoms with Gasteiger partial charge in [-0.2, -0.15) is 0 Å². The first-order chi connectivity index (χ1) is 12.7. The number of ether oxygens (including phenoxy) is 1. The number of halogens is 2. The van der Waals surface area contributed by atoms with Crippen molar-refractivity contribution in [2.45, 2.75) is 25.9 Å². The molecule has 1 amide bonds. The number of rotatable bonds is 4. The average molecular weight is 424 g/mol. The smallest absolute Gasteiger partial charge is 0.253 e. The number of hydrogen-bond donors (Lipinski definition) is 1. The average Bonchev–Trinajstić information content (AvgIpc) is 3.15. The number of aromatic nitrogens is 1. The summed E-state index contributed by atoms with van der Waals surface area (Å²) in [7, 11) is 0. The zero-order valence-corrected chi connectivity index (χ0v) is 17.4. The first-order valence-electron chi connectivity index (χ1n) is 9.36. The number of nitrogens with zero attached hydrogens (tertiary/aromatic N) is 2. The van der Waals surface area contributed by atoms with Gasteiger partial charge in [-0.05, 0) is 55.5 Å². The number of piperidine rings is 1. The van der Waals surface area contributed by atoms with E-state index in [0.29, 0.717) is 23.3 Å². The van der Waals surface area contributed by atoms with Gasteiger partial charge in [-0.3, -0.25) is 9.78 Å². The van der Waals surface area contributed by atoms with Crippen LogP contribution in [-0.2, 0) is 6.61 Å². The molecule has 5 nitrogen and oxygen atoms in total. The van der Waals surface area contributed by atoms with E-state index in [1.54, 1.807) is 12.4 Å². The van der Waals surface area contributed by atoms with Gasteiger partial charge in [0.2, 0.25) is 0 Å². The normalized spacial score (nSPS) is 17.5. The summed E-state index contributed by atoms with van der Waals surface area (Å²) < 4.78 is 5.83. The number of benzene rings is 1. The molecule has 1 N–H and O–H groups in total. The van der Waals surface area contributed by atoms with Gasteiger partial charge in [-0.15, -0.1) is 24.8 Å². The van der Waals surface area contributed by atoms with Crippen LogP contribution in [0.5, 0.6) is 5.75 Å². The molecule has 3 heterocycles. The van der Waals surface area contributed by atoms with Gasteiger partial charge in [0, 0.05) is 43.2 Å². The molecule has 7 heteroatoms. The predicted molar refractivity (Wildman–Crippen MR) is 115 cm³/mol. The maximum Gasteiger partial charge on any atom is 0.253 e. The minimum atomic E-state index is 0. The predicted octanol–water partition coefficient (Wildman–Crippen LogP) is 3.72. The molecule has 0 aliphatic carbocycles. The topological polar surface area (TPSA) is 54.5 Å². The summed E-state index contributed by atoms with van der Waals surface area (Å²) in [4.78, 5) is 19.0. The lowest BCUT2D eigenvalue weighted by Gasteiger charge is -2.38. The van der Waals surface area contributed by atoms with Crippen molar-refractivity contribution < 1.29 is 9.53 Å². The molecule has 1 aromatic carbocycles. The molecule has 4 rings (SSSR count). The highest BCUT2D eigenvalue weighted by atomic mass is 35.5. The van der Waals surface area contributed by atoms with Crippen molar-refractivity contribution in [1.29, 1.82) is 0 Å². The summed E-state index contributed by atoms with van der Waals surface area (Å²) in [6, 6.07) is 11.4. The Labute approximate surface area is 178 Å². The van der Waals surface area contributed by atoms with Crippen molar-refractivity contribution in [2.75, 3.05) is 26.2 Å². The Morgan fingerprint density at radius 2 is 1.96 bits per heavy atom. The summed E-state index contributed by atoms with van der Waals surface area (Å²) in [6.45, 7) is 4.37. The molecule has 2 aliphatic rings. The van der Waals surface area contributed by atoms with Crippen molar-refractivity contribution in [3.05, 3.63) is 59.9 Å². The first-order valence-corrected chi connectivity index (χ1v) is 9.36. The fraction of sp³-hybridized carbons (Fsp3) is 0.429. The lowest BCUT2D eigenvalue weighted by Crippen LogP contribution is -2.44. The molecule has 2 aliphatic heterocycles. The van der Waals surface area contributed by atoms with Crippen LogP contribution in [0.2, 0.25) is 0 Å². The summed E-state index contributed by atoms with van der Waals surface area (Å²) in [6.07, 6.45) is 6.97. The molecule has 0 saturated carbocycles. The molecule has 152 valence electrons. The zero-order valence-electron chi connectivity index (χ0n) is 15.8. The highest BCUT2D eigenvalue weighted by Crippen LogP contribution is 2.37. The molecule has 2 fully saturated rings. The van der Waals surface area contributed by atoms with Crippen LogP contribution in [0.1, 0.15) is 35.2 Å². The number of carbonyl (C=O) groups is 1. The highest BCUT2D eigenvalue weighted by Gasteiger charge is 2.38. The van der Waals surface area contributed by atoms with Crippen LogP contribution >= 0.6 is 24.8 Å². The highest BCUT2D eigenvalue weighted by molar-refractivity contribution is 5.94. The molecule has 2 saturated heterocycles. The maximum absolute atomic E-state index is 12.9. The van der Waals surface area contributed by atoms with E-state index in [1.165, 1.54) is 6.42 Å². The largest absolute Gasteiger partial charge is 0.489 e. The van der Waals surface area contributed by atoms with Crippen molar-refractivity contribution in [2.24, 2.45) is 5.41 Å². The Hall–Kier alpha value is -1.82. The third-order valence-electron chi connectivity index (χ3n) is 5.65. The van der Waals surface area contributed by atoms with E-state index >= 15 is 0 Å². The van der Waals surface area contributed by atoms with Crippen LogP contribution in [0.3, 0.4) is 0 Å². The number of likely N-dealkylation sites (tertiary alicyclic amines) is 1. The number of pyridine rings is 1. The Morgan fingerprint density at radius 3 is 2.64 bits per heavy atom. The fourth-order valence-electron chi connectivity index (χ4n) is 3.96. The minimum Gasteiger partial charge on any atom is -0.489 e. The molecular weight excluding hydrogens is 397 g/mol. The van der Waals surface area contributed by atoms with E-state index in [9.17, 15) is 4.79 Å². The molecular formula is C21H27Cl2N3O2. The number of carbonyl (C=O) groups excluding carboxylic acids is 1. The molecule has 1 aromatic heterocycles. The van der Waals surface area contributed by atoms with Crippen LogP contribution in [0, 0.1) is 5.41 Å². The van der Waals surface area contributed by atoms with Gasteiger partial charge in [0.1, 0.15) is 12.4 Å². The standard InChI is InChI=1S/C21H25N3O2.2ClH/c25-20(24-11-7-21(8-12-24)6-10-23-16-21)18-4-1-5-19(13-18)26-15-17-3-2-9-22-14-17;;/h1-5,9,13-14,23H,6-8,10-12,15-16H2;2*1H. The van der Waals surface area contributed by atoms with Gasteiger partial charge < -0.3 is 15.0 Å². The van der Waals surface area contributed by atoms with E-state index in [4.69, 9.17) is 4.74 Å². The summed E-state index contributed by atoms with van der Waals surface area (Å²) in [5.41, 5.74) is 2.13. The molecule has 0 radical (unpaired) electrons. The fourth-order valence-corrected chi connectivity index (χ4v) is 3.96. The SMILES string of the molecule is Cl.Cl.O=C(c1cccc(OCc2cccnc2)c1)N1CCC2(CCNC2)CC1. The minimum absolute atomic E-state index is 0. The molecule has 0 unspecified atom stereocenters. The quantitative estimate of drug-likeness (QED) is 0.813. The number of hydrogen-bond acceptors (Lipinski definition) is 4. The second kappa shape index (κ2) is 10.1. The monoisotopic (exact) mass is 423 g/mol. The van der Waals surface area contributed by atoms with Gasteiger partial charge in [-0.25, -0.2) is 0 Å². The van der Waals surface area contributed by atoms with Crippen LogP contribution < -0.4 is 10.1 Å². The van der Waals surface area contributed by atoms with E-state index in [0.717, 1.165) is 44.6 Å². The van der Waals surface area contributed by atoms with Crippen molar-refractivity contribution in [1.82, 2.24) is 15.2 Å². The lowest BCUT2D eigenvalue weighted by molar-refractivity contribution is 0.0607. The summed E-state index contributed by atoms with van der Waals surface area (Å²) >= 11 is 0. The van der Waals surface area contributed by atoms with Gasteiger partial charge in [0.25, 0.3) is 5.91 Å². The van der Waals surface area contributed by atoms with Gasteiger partial charge in [0.05, 0.1) is 0 Å². The van der Waals surface area contributed by atoms with Crippen LogP contribution in [-0.4, -0.2) is 42.0 Å². The van der Waals surface area contributed by atoms with E-state index < -0.39 is 0 Å². The molecule has 2 aromatic rings. The zero-order chi connectivity index (χ0) is 17.8. The lowest BCUT2D eigenvalue weighted by atomic mass is 9.78. The molecule has 0 atom stereocenters. The van der Waals surface area contributed by atoms with Crippen LogP contribution in [0.25, 0.3) is 0 Å². The molecule has 0 bridgehead atoms. The van der Waals surface area contributed by atoms with E-state index in [2.05, 4.69) is 10.3 Å². The second-order valence-electron chi connectivity index (χ2n) is 7.40. The third kappa shape index (κ3) is 5.16. The molecule has 1 spiro atoms. The second-order valence-corrected chi connectivity index (χ2v) is 7.40. The van der Waals surface area contributed by atoms with Gasteiger partial charge in [0.15, 0.2) is 0 Å². The Kier molecular flexibility index (Phi) is 8.10. The van der Waals surface area contributed by atoms with E-state index in [-0.39, 0.29) is 30.7 Å². The maximum atomic E-state index is 12.9. The van der Waals surface area contributed by atoms with Crippen molar-refractivity contribution in [3.63, 3.8) is 0 Å². The van der Waals surface area contributed by atoms with Crippen molar-refractivity contribution in [3.8, 4) is 5.75 Å². The Bertz CT molecular complexity index is 757. The summed E-state index contributed by atoms with van der Waals surface area (Å²) in [5, 5.41) is 3.47. The van der Waals surface area contributed by atoms with Crippen LogP contribution in [0.15, 0.2) is 48.8 Å². The summed E-state index contributed by atoms with van der Waals surface area (Å²) in [5.74, 6) is 0.825. The third-order valence-corrected chi connectivity index (χ3v) is 5.65. The Morgan fingerprint density at radius 1 is 1.14 bits per heavy atom. The molecule has 28 heavy (non-hydrogen) atoms. The van der Waals surface area contributed by atoms with Crippen molar-refractivity contribution >= 4 is 30.7 Å². The van der Waals surface area contributed by atoms with Gasteiger partial charge >= 0.3 is 0 Å². The van der Waals surface area contributed by atoms with E-state index in [1.807, 2.05) is 41.3 Å². The number of nitrogens with one attached hydrogen (secondary N) is 1. The first kappa shape index (κ1) is 22.5. The number of amides is 1. The van der Waals surface area contributed by atoms with Crippen LogP contribution in [0.4, 0.5) is 0 Å². The Balaban J connectivity index is 0.00000140. The van der Waals surface area contributed by atoms with Gasteiger partial charge in [-0.1, -0.05) is 12.1 Å².